The van der Waals surface area contributed by atoms with Gasteiger partial charge in [0.1, 0.15) is 0 Å². The molecular formula is C108H66N8S. The van der Waals surface area contributed by atoms with Crippen molar-refractivity contribution in [2.24, 2.45) is 0 Å². The number of hydrogen-bond acceptors (Lipinski definition) is 7. The fraction of sp³-hybridized carbons (Fsp3) is 0. The van der Waals surface area contributed by atoms with Crippen LogP contribution in [0.3, 0.4) is 0 Å². The van der Waals surface area contributed by atoms with Crippen LogP contribution in [0.1, 0.15) is 0 Å². The van der Waals surface area contributed by atoms with E-state index in [2.05, 4.69) is 367 Å². The van der Waals surface area contributed by atoms with Gasteiger partial charge in [-0.2, -0.15) is 0 Å². The van der Waals surface area contributed by atoms with Crippen molar-refractivity contribution in [1.29, 1.82) is 0 Å². The van der Waals surface area contributed by atoms with Crippen molar-refractivity contribution >= 4 is 108 Å². The second-order valence-electron chi connectivity index (χ2n) is 29.9. The Kier molecular flexibility index (Phi) is 16.0. The molecule has 0 bridgehead atoms. The van der Waals surface area contributed by atoms with Crippen LogP contribution in [0.15, 0.2) is 400 Å². The molecule has 0 saturated carbocycles. The van der Waals surface area contributed by atoms with Gasteiger partial charge in [0.25, 0.3) is 0 Å². The minimum absolute atomic E-state index is 0.694. The lowest BCUT2D eigenvalue weighted by atomic mass is 9.94. The Hall–Kier alpha value is -15.4. The highest BCUT2D eigenvalue weighted by Crippen LogP contribution is 2.52. The molecule has 0 atom stereocenters. The highest BCUT2D eigenvalue weighted by atomic mass is 32.1. The van der Waals surface area contributed by atoms with Gasteiger partial charge >= 0.3 is 0 Å². The quantitative estimate of drug-likeness (QED) is 0.128. The topological polar surface area (TPSA) is 87.2 Å². The zero-order chi connectivity index (χ0) is 77.0. The summed E-state index contributed by atoms with van der Waals surface area (Å²) in [5.74, 6) is 1.40. The van der Waals surface area contributed by atoms with Crippen molar-refractivity contribution in [3.05, 3.63) is 400 Å². The van der Waals surface area contributed by atoms with E-state index < -0.39 is 0 Å². The van der Waals surface area contributed by atoms with Crippen LogP contribution in [0.25, 0.3) is 231 Å². The third-order valence-electron chi connectivity index (χ3n) is 23.2. The third-order valence-corrected chi connectivity index (χ3v) is 24.4. The van der Waals surface area contributed by atoms with E-state index in [0.717, 1.165) is 145 Å². The number of rotatable bonds is 11. The Bertz CT molecular complexity index is 7820. The Morgan fingerprint density at radius 1 is 0.205 bits per heavy atom. The van der Waals surface area contributed by atoms with Gasteiger partial charge in [-0.1, -0.05) is 328 Å². The number of hydrogen-bond donors (Lipinski definition) is 0. The summed E-state index contributed by atoms with van der Waals surface area (Å²) in [5.41, 5.74) is 30.1. The molecule has 16 aromatic carbocycles. The smallest absolute Gasteiger partial charge is 0.160 e. The molecule has 1 aliphatic rings. The molecule has 7 aromatic heterocycles. The normalized spacial score (nSPS) is 11.8. The van der Waals surface area contributed by atoms with Gasteiger partial charge in [0.2, 0.25) is 0 Å². The molecule has 1 aliphatic carbocycles. The average molecular weight is 1510 g/mol. The van der Waals surface area contributed by atoms with Gasteiger partial charge in [-0.25, -0.2) is 29.9 Å². The van der Waals surface area contributed by atoms with Crippen LogP contribution < -0.4 is 0 Å². The number of para-hydroxylation sites is 4. The summed E-state index contributed by atoms with van der Waals surface area (Å²) in [5, 5.41) is 12.0. The van der Waals surface area contributed by atoms with Crippen LogP contribution in [-0.4, -0.2) is 39.0 Å². The predicted octanol–water partition coefficient (Wildman–Crippen LogP) is 28.4. The van der Waals surface area contributed by atoms with E-state index in [1.807, 2.05) is 53.8 Å². The fourth-order valence-corrected chi connectivity index (χ4v) is 19.1. The van der Waals surface area contributed by atoms with E-state index in [1.54, 1.807) is 0 Å². The standard InChI is InChI=1S/C55H34N4S.C53H32N4/c1-3-15-36(16-4-1)52-51-45-23-8-11-27-49(45)59(53(51)44-22-7-10-26-46(44)56-52)40-31-29-35(30-32-40)47-34-48(58-55(57-47)37-17-5-2-6-18-37)39-20-13-19-38(33-39)41-24-14-25-43-42-21-9-12-28-50(42)60-54(41)43;1-3-14-33(15-4-1)46-32-47(56-53(55-46)35-16-5-2-6-17-35)34-26-28-36(29-27-34)57-48-25-12-10-21-44(48)50-51(54-45-24-11-9-20-43(45)52(50)57)42-31-30-41-38-19-8-7-18-37(38)39-22-13-23-40(42)49(39)41/h1-34H;1-32H. The maximum atomic E-state index is 5.50. The molecule has 544 valence electrons. The van der Waals surface area contributed by atoms with E-state index in [0.29, 0.717) is 11.6 Å². The zero-order valence-electron chi connectivity index (χ0n) is 63.1. The number of aromatic nitrogens is 8. The zero-order valence-corrected chi connectivity index (χ0v) is 63.9. The molecule has 0 saturated heterocycles. The molecule has 23 aromatic rings. The SMILES string of the molecule is c1ccc(-c2cc(-c3ccc(-n4c5ccccc5c5c(-c6ccc7c8c(cccc68)-c6ccccc6-7)nc6ccccc6c54)cc3)nc(-c3ccccc3)n2)cc1.c1ccc(-c2nc(-c3ccc(-n4c5ccccc5c5c(-c6ccccc6)nc6ccccc6c54)cc3)cc(-c3cccc(-c4cccc5c4sc4ccccc45)c3)n2)cc1. The highest BCUT2D eigenvalue weighted by molar-refractivity contribution is 7.26. The molecule has 8 nitrogen and oxygen atoms in total. The van der Waals surface area contributed by atoms with Gasteiger partial charge in [-0.15, -0.1) is 11.3 Å². The van der Waals surface area contributed by atoms with Crippen LogP contribution in [-0.2, 0) is 0 Å². The number of pyridine rings is 2. The molecule has 0 unspecified atom stereocenters. The van der Waals surface area contributed by atoms with Crippen molar-refractivity contribution in [1.82, 2.24) is 39.0 Å². The molecule has 0 aliphatic heterocycles. The summed E-state index contributed by atoms with van der Waals surface area (Å²) < 4.78 is 7.42. The minimum Gasteiger partial charge on any atom is -0.308 e. The van der Waals surface area contributed by atoms with E-state index >= 15 is 0 Å². The van der Waals surface area contributed by atoms with Crippen molar-refractivity contribution < 1.29 is 0 Å². The highest BCUT2D eigenvalue weighted by Gasteiger charge is 2.28. The second-order valence-corrected chi connectivity index (χ2v) is 30.9. The van der Waals surface area contributed by atoms with E-state index in [9.17, 15) is 0 Å². The van der Waals surface area contributed by atoms with E-state index in [1.165, 1.54) is 75.1 Å². The molecule has 0 radical (unpaired) electrons. The number of nitrogens with zero attached hydrogens (tertiary/aromatic N) is 8. The van der Waals surface area contributed by atoms with Crippen molar-refractivity contribution in [2.75, 3.05) is 0 Å². The summed E-state index contributed by atoms with van der Waals surface area (Å²) >= 11 is 1.85. The third kappa shape index (κ3) is 11.3. The number of fused-ring (bicyclic) bond motifs is 16. The molecule has 0 amide bonds. The van der Waals surface area contributed by atoms with Gasteiger partial charge in [0, 0.05) is 108 Å². The second kappa shape index (κ2) is 27.8. The Balaban J connectivity index is 0.000000138. The summed E-state index contributed by atoms with van der Waals surface area (Å²) in [4.78, 5) is 31.3. The number of benzene rings is 16. The molecule has 9 heteroatoms. The summed E-state index contributed by atoms with van der Waals surface area (Å²) in [6.45, 7) is 0. The largest absolute Gasteiger partial charge is 0.308 e. The monoisotopic (exact) mass is 1510 g/mol. The van der Waals surface area contributed by atoms with Crippen LogP contribution >= 0.6 is 11.3 Å². The minimum atomic E-state index is 0.694. The summed E-state index contributed by atoms with van der Waals surface area (Å²) in [7, 11) is 0. The lowest BCUT2D eigenvalue weighted by Gasteiger charge is -2.14. The first-order valence-electron chi connectivity index (χ1n) is 39.6. The summed E-state index contributed by atoms with van der Waals surface area (Å²) in [6.07, 6.45) is 0. The first kappa shape index (κ1) is 67.3. The Morgan fingerprint density at radius 3 is 1.15 bits per heavy atom. The lowest BCUT2D eigenvalue weighted by Crippen LogP contribution is -1.98. The molecule has 0 spiro atoms. The average Bonchev–Trinajstić information content (AvgIpc) is 1.57. The number of thiophene rings is 1. The maximum Gasteiger partial charge on any atom is 0.160 e. The van der Waals surface area contributed by atoms with Crippen molar-refractivity contribution in [3.8, 4) is 135 Å². The van der Waals surface area contributed by atoms with Gasteiger partial charge in [-0.05, 0) is 117 Å². The van der Waals surface area contributed by atoms with Crippen molar-refractivity contribution in [2.45, 2.75) is 0 Å². The van der Waals surface area contributed by atoms with Gasteiger partial charge in [0.05, 0.1) is 67.3 Å². The Labute approximate surface area is 677 Å². The molecule has 0 fully saturated rings. The van der Waals surface area contributed by atoms with Crippen LogP contribution in [0.4, 0.5) is 0 Å². The lowest BCUT2D eigenvalue weighted by molar-refractivity contribution is 1.17. The first-order valence-corrected chi connectivity index (χ1v) is 40.4. The van der Waals surface area contributed by atoms with Gasteiger partial charge in [-0.3, -0.25) is 0 Å². The Morgan fingerprint density at radius 2 is 0.581 bits per heavy atom. The first-order chi connectivity index (χ1) is 58.0. The van der Waals surface area contributed by atoms with E-state index in [-0.39, 0.29) is 0 Å². The maximum absolute atomic E-state index is 5.50. The summed E-state index contributed by atoms with van der Waals surface area (Å²) in [6, 6.07) is 142. The fourth-order valence-electron chi connectivity index (χ4n) is 17.8. The molecule has 117 heavy (non-hydrogen) atoms. The molecule has 0 N–H and O–H groups in total. The van der Waals surface area contributed by atoms with E-state index in [4.69, 9.17) is 29.9 Å². The van der Waals surface area contributed by atoms with Crippen LogP contribution in [0, 0.1) is 0 Å². The molecule has 24 rings (SSSR count). The molecular weight excluding hydrogens is 1440 g/mol. The van der Waals surface area contributed by atoms with Crippen molar-refractivity contribution in [3.63, 3.8) is 0 Å². The van der Waals surface area contributed by atoms with Crippen LogP contribution in [0.2, 0.25) is 0 Å². The molecule has 7 heterocycles. The predicted molar refractivity (Wildman–Crippen MR) is 487 cm³/mol. The van der Waals surface area contributed by atoms with Crippen LogP contribution in [0.5, 0.6) is 0 Å². The van der Waals surface area contributed by atoms with Gasteiger partial charge in [0.15, 0.2) is 11.6 Å². The van der Waals surface area contributed by atoms with Gasteiger partial charge < -0.3 is 9.13 Å².